The fourth-order valence-electron chi connectivity index (χ4n) is 0.103. The van der Waals surface area contributed by atoms with Gasteiger partial charge in [0.15, 0.2) is 0 Å². The van der Waals surface area contributed by atoms with Crippen molar-refractivity contribution in [1.82, 2.24) is 0 Å². The van der Waals surface area contributed by atoms with Crippen molar-refractivity contribution in [3.8, 4) is 0 Å². The molecule has 0 N–H and O–H groups in total. The molecule has 0 radical (unpaired) electrons. The second-order valence-electron chi connectivity index (χ2n) is 0.921. The highest BCUT2D eigenvalue weighted by Crippen LogP contribution is 2.19. The normalized spacial score (nSPS) is 15.4. The van der Waals surface area contributed by atoms with Gasteiger partial charge in [-0.25, -0.2) is 0 Å². The number of halogens is 3. The standard InChI is InChI=1S/C2H5Br3OSi/c3-1(4)2(5)6-7/h1-2H,7H3. The molecule has 7 heavy (non-hydrogen) atoms. The SMILES string of the molecule is [SiH3]OC(Br)C(Br)Br. The van der Waals surface area contributed by atoms with Crippen molar-refractivity contribution in [2.75, 3.05) is 0 Å². The Morgan fingerprint density at radius 3 is 1.71 bits per heavy atom. The van der Waals surface area contributed by atoms with Crippen LogP contribution < -0.4 is 0 Å². The second-order valence-corrected chi connectivity index (χ2v) is 5.50. The van der Waals surface area contributed by atoms with Crippen LogP contribution in [-0.4, -0.2) is 19.2 Å². The van der Waals surface area contributed by atoms with E-state index >= 15 is 0 Å². The van der Waals surface area contributed by atoms with Gasteiger partial charge in [0.2, 0.25) is 0 Å². The molecule has 0 heterocycles. The molecule has 0 aromatic carbocycles. The van der Waals surface area contributed by atoms with E-state index in [-0.39, 0.29) is 8.75 Å². The van der Waals surface area contributed by atoms with Gasteiger partial charge in [-0.3, -0.25) is 0 Å². The van der Waals surface area contributed by atoms with Crippen LogP contribution in [-0.2, 0) is 4.43 Å². The van der Waals surface area contributed by atoms with Crippen molar-refractivity contribution in [3.05, 3.63) is 0 Å². The Hall–Kier alpha value is 1.62. The largest absolute Gasteiger partial charge is 0.414 e. The summed E-state index contributed by atoms with van der Waals surface area (Å²) in [7, 11) is 0.764. The molecule has 0 aliphatic heterocycles. The molecule has 44 valence electrons. The van der Waals surface area contributed by atoms with Crippen LogP contribution in [0.1, 0.15) is 0 Å². The molecule has 0 aliphatic rings. The van der Waals surface area contributed by atoms with Crippen LogP contribution in [0.3, 0.4) is 0 Å². The first kappa shape index (κ1) is 8.62. The Bertz CT molecular complexity index is 50.2. The molecular formula is C2H5Br3OSi. The van der Waals surface area contributed by atoms with Gasteiger partial charge in [0.25, 0.3) is 0 Å². The highest BCUT2D eigenvalue weighted by molar-refractivity contribution is 9.25. The van der Waals surface area contributed by atoms with E-state index in [1.807, 2.05) is 0 Å². The lowest BCUT2D eigenvalue weighted by Gasteiger charge is -2.06. The maximum Gasteiger partial charge on any atom is 0.147 e. The van der Waals surface area contributed by atoms with Crippen molar-refractivity contribution in [1.29, 1.82) is 0 Å². The average Bonchev–Trinajstić information content (AvgIpc) is 1.65. The van der Waals surface area contributed by atoms with E-state index in [1.54, 1.807) is 0 Å². The van der Waals surface area contributed by atoms with Crippen molar-refractivity contribution in [2.45, 2.75) is 8.75 Å². The zero-order valence-electron chi connectivity index (χ0n) is 3.70. The third kappa shape index (κ3) is 4.14. The van der Waals surface area contributed by atoms with Gasteiger partial charge in [-0.15, -0.1) is 0 Å². The fourth-order valence-corrected chi connectivity index (χ4v) is 1.60. The molecule has 0 aliphatic carbocycles. The van der Waals surface area contributed by atoms with Gasteiger partial charge in [-0.05, 0) is 0 Å². The highest BCUT2D eigenvalue weighted by atomic mass is 79.9. The molecule has 1 nitrogen and oxygen atoms in total. The Morgan fingerprint density at radius 2 is 1.71 bits per heavy atom. The van der Waals surface area contributed by atoms with Gasteiger partial charge in [0, 0.05) is 0 Å². The zero-order valence-corrected chi connectivity index (χ0v) is 10.5. The summed E-state index contributed by atoms with van der Waals surface area (Å²) in [5.41, 5.74) is 0. The zero-order chi connectivity index (χ0) is 5.86. The van der Waals surface area contributed by atoms with Crippen LogP contribution in [0.5, 0.6) is 0 Å². The minimum Gasteiger partial charge on any atom is -0.414 e. The third-order valence-electron chi connectivity index (χ3n) is 0.423. The average molecular weight is 313 g/mol. The number of alkyl halides is 3. The predicted molar refractivity (Wildman–Crippen MR) is 45.4 cm³/mol. The first-order chi connectivity index (χ1) is 3.18. The minimum absolute atomic E-state index is 0.110. The van der Waals surface area contributed by atoms with Crippen molar-refractivity contribution in [3.63, 3.8) is 0 Å². The Kier molecular flexibility index (Phi) is 5.53. The van der Waals surface area contributed by atoms with Gasteiger partial charge in [0.1, 0.15) is 19.2 Å². The molecule has 0 rings (SSSR count). The molecular weight excluding hydrogens is 308 g/mol. The number of hydrogen-bond acceptors (Lipinski definition) is 1. The lowest BCUT2D eigenvalue weighted by Crippen LogP contribution is -2.08. The summed E-state index contributed by atoms with van der Waals surface area (Å²) < 4.78 is 5.19. The molecule has 1 atom stereocenters. The molecule has 1 unspecified atom stereocenters. The van der Waals surface area contributed by atoms with E-state index in [2.05, 4.69) is 47.8 Å². The molecule has 0 spiro atoms. The number of hydrogen-bond donors (Lipinski definition) is 0. The summed E-state index contributed by atoms with van der Waals surface area (Å²) in [5, 5.41) is 0.110. The van der Waals surface area contributed by atoms with Crippen molar-refractivity contribution in [2.24, 2.45) is 0 Å². The summed E-state index contributed by atoms with van der Waals surface area (Å²) in [5.74, 6) is 0. The van der Waals surface area contributed by atoms with E-state index in [9.17, 15) is 0 Å². The molecule has 0 saturated heterocycles. The molecule has 0 aromatic heterocycles. The summed E-state index contributed by atoms with van der Waals surface area (Å²) in [4.78, 5) is 0. The van der Waals surface area contributed by atoms with Crippen LogP contribution in [0, 0.1) is 0 Å². The van der Waals surface area contributed by atoms with E-state index in [4.69, 9.17) is 4.43 Å². The first-order valence-electron chi connectivity index (χ1n) is 1.63. The van der Waals surface area contributed by atoms with Crippen LogP contribution in [0.2, 0.25) is 0 Å². The molecule has 0 saturated carbocycles. The van der Waals surface area contributed by atoms with Gasteiger partial charge in [-0.1, -0.05) is 47.8 Å². The van der Waals surface area contributed by atoms with Crippen molar-refractivity contribution < 1.29 is 4.43 Å². The summed E-state index contributed by atoms with van der Waals surface area (Å²) in [6.45, 7) is 0. The van der Waals surface area contributed by atoms with Gasteiger partial charge in [0.05, 0.1) is 0 Å². The van der Waals surface area contributed by atoms with Crippen LogP contribution in [0.4, 0.5) is 0 Å². The lowest BCUT2D eigenvalue weighted by molar-refractivity contribution is 0.346. The first-order valence-corrected chi connectivity index (χ1v) is 5.20. The minimum atomic E-state index is 0.110. The topological polar surface area (TPSA) is 9.23 Å². The monoisotopic (exact) mass is 310 g/mol. The Labute approximate surface area is 71.1 Å². The van der Waals surface area contributed by atoms with E-state index in [0.717, 1.165) is 10.5 Å². The predicted octanol–water partition coefficient (Wildman–Crippen LogP) is 1.12. The maximum absolute atomic E-state index is 4.97. The van der Waals surface area contributed by atoms with Crippen molar-refractivity contribution >= 4 is 58.3 Å². The quantitative estimate of drug-likeness (QED) is 0.548. The molecule has 0 fully saturated rings. The Morgan fingerprint density at radius 1 is 1.29 bits per heavy atom. The highest BCUT2D eigenvalue weighted by Gasteiger charge is 2.07. The summed E-state index contributed by atoms with van der Waals surface area (Å²) in [6.07, 6.45) is 0. The van der Waals surface area contributed by atoms with Gasteiger partial charge >= 0.3 is 0 Å². The van der Waals surface area contributed by atoms with Gasteiger partial charge < -0.3 is 4.43 Å². The summed E-state index contributed by atoms with van der Waals surface area (Å²) in [6, 6.07) is 0. The molecule has 0 aromatic rings. The molecule has 0 bridgehead atoms. The second kappa shape index (κ2) is 4.49. The Balaban J connectivity index is 3.14. The van der Waals surface area contributed by atoms with Gasteiger partial charge in [-0.2, -0.15) is 0 Å². The van der Waals surface area contributed by atoms with E-state index in [0.29, 0.717) is 0 Å². The van der Waals surface area contributed by atoms with E-state index < -0.39 is 0 Å². The van der Waals surface area contributed by atoms with Crippen LogP contribution >= 0.6 is 47.8 Å². The lowest BCUT2D eigenvalue weighted by atomic mass is 10.9. The molecule has 5 heteroatoms. The smallest absolute Gasteiger partial charge is 0.147 e. The fraction of sp³-hybridized carbons (Fsp3) is 1.00. The third-order valence-corrected chi connectivity index (χ3v) is 4.90. The maximum atomic E-state index is 4.97. The van der Waals surface area contributed by atoms with Crippen LogP contribution in [0.15, 0.2) is 0 Å². The molecule has 0 amide bonds. The van der Waals surface area contributed by atoms with Crippen LogP contribution in [0.25, 0.3) is 0 Å². The summed E-state index contributed by atoms with van der Waals surface area (Å²) >= 11 is 9.79. The number of rotatable bonds is 2. The van der Waals surface area contributed by atoms with E-state index in [1.165, 1.54) is 0 Å².